The van der Waals surface area contributed by atoms with Gasteiger partial charge >= 0.3 is 0 Å². The van der Waals surface area contributed by atoms with Gasteiger partial charge in [0.05, 0.1) is 13.2 Å². The number of nitrogens with zero attached hydrogens (tertiary/aromatic N) is 3. The summed E-state index contributed by atoms with van der Waals surface area (Å²) in [6, 6.07) is 0. The number of ether oxygens (including phenoxy) is 2. The minimum Gasteiger partial charge on any atom is -0.490 e. The van der Waals surface area contributed by atoms with Gasteiger partial charge in [0.15, 0.2) is 16.7 Å². The second-order valence-electron chi connectivity index (χ2n) is 4.51. The van der Waals surface area contributed by atoms with Gasteiger partial charge in [-0.15, -0.1) is 0 Å². The minimum atomic E-state index is 0.206. The Morgan fingerprint density at radius 3 is 2.83 bits per heavy atom. The van der Waals surface area contributed by atoms with Gasteiger partial charge in [0, 0.05) is 20.2 Å². The van der Waals surface area contributed by atoms with Gasteiger partial charge in [0.2, 0.25) is 0 Å². The molecule has 6 heteroatoms. The van der Waals surface area contributed by atoms with Gasteiger partial charge in [-0.3, -0.25) is 0 Å². The number of hydrogen-bond donors (Lipinski definition) is 0. The Hall–Kier alpha value is -1.07. The highest BCUT2D eigenvalue weighted by Crippen LogP contribution is 2.34. The van der Waals surface area contributed by atoms with Crippen molar-refractivity contribution in [2.45, 2.75) is 19.4 Å². The van der Waals surface area contributed by atoms with Crippen LogP contribution in [0.5, 0.6) is 5.75 Å². The lowest BCUT2D eigenvalue weighted by atomic mass is 9.96. The van der Waals surface area contributed by atoms with Gasteiger partial charge in [-0.25, -0.2) is 9.97 Å². The fourth-order valence-electron chi connectivity index (χ4n) is 2.28. The summed E-state index contributed by atoms with van der Waals surface area (Å²) in [6.07, 6.45) is 2.72. The maximum absolute atomic E-state index is 6.01. The zero-order chi connectivity index (χ0) is 13.1. The largest absolute Gasteiger partial charge is 0.490 e. The number of methoxy groups -OCH3 is 2. The van der Waals surface area contributed by atoms with E-state index in [1.807, 2.05) is 0 Å². The van der Waals surface area contributed by atoms with Gasteiger partial charge < -0.3 is 14.4 Å². The predicted molar refractivity (Wildman–Crippen MR) is 70.4 cm³/mol. The van der Waals surface area contributed by atoms with Crippen molar-refractivity contribution in [3.8, 4) is 5.75 Å². The summed E-state index contributed by atoms with van der Waals surface area (Å²) in [6.45, 7) is 3.92. The van der Waals surface area contributed by atoms with E-state index < -0.39 is 0 Å². The van der Waals surface area contributed by atoms with E-state index in [1.165, 1.54) is 6.33 Å². The van der Waals surface area contributed by atoms with Crippen LogP contribution in [0, 0.1) is 5.92 Å². The Morgan fingerprint density at radius 1 is 1.39 bits per heavy atom. The minimum absolute atomic E-state index is 0.206. The molecule has 0 N–H and O–H groups in total. The van der Waals surface area contributed by atoms with E-state index in [1.54, 1.807) is 14.2 Å². The molecule has 5 nitrogen and oxygen atoms in total. The van der Waals surface area contributed by atoms with Crippen molar-refractivity contribution in [2.24, 2.45) is 5.92 Å². The van der Waals surface area contributed by atoms with Gasteiger partial charge in [-0.2, -0.15) is 0 Å². The number of piperidine rings is 1. The molecular formula is C12H18ClN3O2. The van der Waals surface area contributed by atoms with Crippen LogP contribution in [0.15, 0.2) is 6.33 Å². The van der Waals surface area contributed by atoms with E-state index in [2.05, 4.69) is 21.8 Å². The van der Waals surface area contributed by atoms with Crippen LogP contribution in [0.25, 0.3) is 0 Å². The molecule has 2 rings (SSSR count). The number of aromatic nitrogens is 2. The van der Waals surface area contributed by atoms with Crippen LogP contribution in [0.2, 0.25) is 5.15 Å². The van der Waals surface area contributed by atoms with Crippen LogP contribution in [0.3, 0.4) is 0 Å². The molecular weight excluding hydrogens is 254 g/mol. The maximum atomic E-state index is 6.01. The molecule has 100 valence electrons. The molecule has 2 atom stereocenters. The first-order valence-corrected chi connectivity index (χ1v) is 6.37. The molecule has 1 aromatic rings. The average molecular weight is 272 g/mol. The Balaban J connectivity index is 2.24. The van der Waals surface area contributed by atoms with Crippen molar-refractivity contribution in [2.75, 3.05) is 32.2 Å². The first-order chi connectivity index (χ1) is 8.67. The maximum Gasteiger partial charge on any atom is 0.199 e. The Kier molecular flexibility index (Phi) is 4.24. The van der Waals surface area contributed by atoms with Gasteiger partial charge in [0.25, 0.3) is 0 Å². The Morgan fingerprint density at radius 2 is 2.17 bits per heavy atom. The van der Waals surface area contributed by atoms with Crippen LogP contribution < -0.4 is 9.64 Å². The second-order valence-corrected chi connectivity index (χ2v) is 4.87. The van der Waals surface area contributed by atoms with Crippen molar-refractivity contribution in [1.82, 2.24) is 9.97 Å². The fraction of sp³-hybridized carbons (Fsp3) is 0.667. The summed E-state index contributed by atoms with van der Waals surface area (Å²) in [7, 11) is 3.32. The predicted octanol–water partition coefficient (Wildman–Crippen LogP) is 2.00. The van der Waals surface area contributed by atoms with Crippen LogP contribution in [0.4, 0.5) is 5.82 Å². The van der Waals surface area contributed by atoms with Crippen molar-refractivity contribution < 1.29 is 9.47 Å². The van der Waals surface area contributed by atoms with Gasteiger partial charge in [-0.05, 0) is 12.3 Å². The number of anilines is 1. The molecule has 1 saturated heterocycles. The number of rotatable bonds is 3. The molecule has 0 spiro atoms. The Bertz CT molecular complexity index is 416. The van der Waals surface area contributed by atoms with Crippen LogP contribution in [-0.4, -0.2) is 43.4 Å². The van der Waals surface area contributed by atoms with Crippen LogP contribution >= 0.6 is 11.6 Å². The van der Waals surface area contributed by atoms with E-state index in [-0.39, 0.29) is 6.10 Å². The third kappa shape index (κ3) is 2.52. The zero-order valence-corrected chi connectivity index (χ0v) is 11.6. The summed E-state index contributed by atoms with van der Waals surface area (Å²) >= 11 is 6.01. The lowest BCUT2D eigenvalue weighted by Gasteiger charge is -2.37. The molecule has 1 aromatic heterocycles. The molecule has 1 aliphatic heterocycles. The molecule has 18 heavy (non-hydrogen) atoms. The highest BCUT2D eigenvalue weighted by Gasteiger charge is 2.29. The Labute approximate surface area is 112 Å². The SMILES string of the molecule is COc1c(Cl)ncnc1N1CCC(C)C(OC)C1. The van der Waals surface area contributed by atoms with Gasteiger partial charge in [-0.1, -0.05) is 18.5 Å². The molecule has 2 unspecified atom stereocenters. The normalized spacial score (nSPS) is 24.1. The summed E-state index contributed by atoms with van der Waals surface area (Å²) in [5, 5.41) is 0.343. The molecule has 1 aliphatic rings. The molecule has 0 radical (unpaired) electrons. The molecule has 0 aliphatic carbocycles. The third-order valence-electron chi connectivity index (χ3n) is 3.44. The monoisotopic (exact) mass is 271 g/mol. The zero-order valence-electron chi connectivity index (χ0n) is 10.9. The number of hydrogen-bond acceptors (Lipinski definition) is 5. The third-order valence-corrected chi connectivity index (χ3v) is 3.71. The first-order valence-electron chi connectivity index (χ1n) is 5.99. The summed E-state index contributed by atoms with van der Waals surface area (Å²) < 4.78 is 10.8. The van der Waals surface area contributed by atoms with Crippen molar-refractivity contribution in [3.05, 3.63) is 11.5 Å². The topological polar surface area (TPSA) is 47.5 Å². The van der Waals surface area contributed by atoms with E-state index >= 15 is 0 Å². The second kappa shape index (κ2) is 5.71. The molecule has 0 saturated carbocycles. The highest BCUT2D eigenvalue weighted by atomic mass is 35.5. The van der Waals surface area contributed by atoms with Crippen LogP contribution in [-0.2, 0) is 4.74 Å². The van der Waals surface area contributed by atoms with Crippen LogP contribution in [0.1, 0.15) is 13.3 Å². The molecule has 0 aromatic carbocycles. The summed E-state index contributed by atoms with van der Waals surface area (Å²) in [4.78, 5) is 10.3. The molecule has 0 bridgehead atoms. The van der Waals surface area contributed by atoms with Gasteiger partial charge in [0.1, 0.15) is 6.33 Å². The first kappa shape index (κ1) is 13.4. The van der Waals surface area contributed by atoms with E-state index in [0.29, 0.717) is 16.8 Å². The van der Waals surface area contributed by atoms with Crippen molar-refractivity contribution in [3.63, 3.8) is 0 Å². The van der Waals surface area contributed by atoms with Crippen molar-refractivity contribution >= 4 is 17.4 Å². The molecule has 2 heterocycles. The van der Waals surface area contributed by atoms with E-state index in [9.17, 15) is 0 Å². The molecule has 0 amide bonds. The highest BCUT2D eigenvalue weighted by molar-refractivity contribution is 6.31. The number of halogens is 1. The van der Waals surface area contributed by atoms with E-state index in [4.69, 9.17) is 21.1 Å². The summed E-state index contributed by atoms with van der Waals surface area (Å²) in [5.74, 6) is 1.82. The molecule has 1 fully saturated rings. The quantitative estimate of drug-likeness (QED) is 0.787. The summed E-state index contributed by atoms with van der Waals surface area (Å²) in [5.41, 5.74) is 0. The lowest BCUT2D eigenvalue weighted by Crippen LogP contribution is -2.44. The fourth-order valence-corrected chi connectivity index (χ4v) is 2.48. The standard InChI is InChI=1S/C12H18ClN3O2/c1-8-4-5-16(6-9(8)17-2)12-10(18-3)11(13)14-7-15-12/h7-9H,4-6H2,1-3H3. The average Bonchev–Trinajstić information content (AvgIpc) is 2.39. The smallest absolute Gasteiger partial charge is 0.199 e. The lowest BCUT2D eigenvalue weighted by molar-refractivity contribution is 0.0495. The van der Waals surface area contributed by atoms with Crippen molar-refractivity contribution in [1.29, 1.82) is 0 Å². The van der Waals surface area contributed by atoms with E-state index in [0.717, 1.165) is 25.3 Å².